The van der Waals surface area contributed by atoms with Crippen LogP contribution in [-0.4, -0.2) is 15.0 Å². The molecule has 1 aromatic heterocycles. The Morgan fingerprint density at radius 1 is 0.258 bits per heavy atom. The number of aromatic nitrogens is 3. The average molecular weight is 792 g/mol. The van der Waals surface area contributed by atoms with Gasteiger partial charge in [0.2, 0.25) is 0 Å². The summed E-state index contributed by atoms with van der Waals surface area (Å²) >= 11 is 0. The molecule has 0 atom stereocenters. The fourth-order valence-corrected chi connectivity index (χ4v) is 9.58. The Labute approximate surface area is 360 Å². The van der Waals surface area contributed by atoms with E-state index >= 15 is 0 Å². The maximum Gasteiger partial charge on any atom is 0.164 e. The molecule has 2 aliphatic rings. The van der Waals surface area contributed by atoms with Crippen LogP contribution in [0.25, 0.3) is 78.7 Å². The molecule has 12 rings (SSSR count). The number of ether oxygens (including phenoxy) is 1. The van der Waals surface area contributed by atoms with E-state index in [0.717, 1.165) is 67.1 Å². The Kier molecular flexibility index (Phi) is 8.36. The van der Waals surface area contributed by atoms with E-state index in [4.69, 9.17) is 19.7 Å². The zero-order valence-electron chi connectivity index (χ0n) is 33.6. The second-order valence-corrected chi connectivity index (χ2v) is 15.9. The van der Waals surface area contributed by atoms with Crippen LogP contribution in [0.15, 0.2) is 224 Å². The lowest BCUT2D eigenvalue weighted by Crippen LogP contribution is -2.32. The molecule has 1 spiro atoms. The number of hydrogen-bond acceptors (Lipinski definition) is 4. The molecule has 62 heavy (non-hydrogen) atoms. The number of benzene rings is 9. The van der Waals surface area contributed by atoms with Crippen molar-refractivity contribution in [1.82, 2.24) is 15.0 Å². The minimum absolute atomic E-state index is 0.488. The molecule has 0 bridgehead atoms. The van der Waals surface area contributed by atoms with Gasteiger partial charge in [0.05, 0.1) is 5.41 Å². The fourth-order valence-electron chi connectivity index (χ4n) is 9.58. The molecule has 0 unspecified atom stereocenters. The van der Waals surface area contributed by atoms with Crippen LogP contribution in [0.4, 0.5) is 0 Å². The molecule has 0 saturated carbocycles. The summed E-state index contributed by atoms with van der Waals surface area (Å²) in [6.45, 7) is 0. The van der Waals surface area contributed by atoms with Crippen LogP contribution >= 0.6 is 0 Å². The Hall–Kier alpha value is -8.21. The maximum atomic E-state index is 6.83. The Balaban J connectivity index is 0.935. The first-order valence-corrected chi connectivity index (χ1v) is 21.0. The number of fused-ring (bicyclic) bond motifs is 9. The molecule has 10 aromatic rings. The van der Waals surface area contributed by atoms with Gasteiger partial charge in [0.1, 0.15) is 11.5 Å². The van der Waals surface area contributed by atoms with Gasteiger partial charge in [-0.25, -0.2) is 15.0 Å². The maximum absolute atomic E-state index is 6.83. The van der Waals surface area contributed by atoms with Crippen molar-refractivity contribution in [2.45, 2.75) is 5.41 Å². The van der Waals surface area contributed by atoms with Crippen molar-refractivity contribution in [2.75, 3.05) is 0 Å². The normalized spacial score (nSPS) is 12.8. The van der Waals surface area contributed by atoms with Crippen LogP contribution in [0.1, 0.15) is 22.3 Å². The third-order valence-electron chi connectivity index (χ3n) is 12.4. The largest absolute Gasteiger partial charge is 0.457 e. The van der Waals surface area contributed by atoms with Gasteiger partial charge in [-0.15, -0.1) is 0 Å². The predicted molar refractivity (Wildman–Crippen MR) is 250 cm³/mol. The van der Waals surface area contributed by atoms with Crippen LogP contribution < -0.4 is 4.74 Å². The molecule has 4 heteroatoms. The molecular formula is C58H37N3O. The molecule has 290 valence electrons. The highest BCUT2D eigenvalue weighted by Gasteiger charge is 2.50. The van der Waals surface area contributed by atoms with E-state index in [1.54, 1.807) is 0 Å². The van der Waals surface area contributed by atoms with Crippen LogP contribution in [0.5, 0.6) is 11.5 Å². The summed E-state index contributed by atoms with van der Waals surface area (Å²) < 4.78 is 6.83. The summed E-state index contributed by atoms with van der Waals surface area (Å²) in [7, 11) is 0. The summed E-state index contributed by atoms with van der Waals surface area (Å²) in [5, 5.41) is 0. The molecule has 1 aliphatic heterocycles. The number of hydrogen-bond donors (Lipinski definition) is 0. The highest BCUT2D eigenvalue weighted by Crippen LogP contribution is 2.62. The van der Waals surface area contributed by atoms with Crippen molar-refractivity contribution in [3.63, 3.8) is 0 Å². The minimum atomic E-state index is -0.488. The SMILES string of the molecule is c1ccc(-c2cccc(-c3nc(-c4ccccc4)nc(-c4cccc(-c5cccc(-c6ccc7c(c6)Oc6ccccc6C76c7ccccc7-c7ccccc76)c5)c4)n3)c2)cc1. The monoisotopic (exact) mass is 791 g/mol. The number of nitrogens with zero attached hydrogens (tertiary/aromatic N) is 3. The van der Waals surface area contributed by atoms with Crippen LogP contribution in [0.3, 0.4) is 0 Å². The first kappa shape index (κ1) is 35.7. The number of para-hydroxylation sites is 1. The van der Waals surface area contributed by atoms with Crippen molar-refractivity contribution in [3.05, 3.63) is 247 Å². The molecule has 0 N–H and O–H groups in total. The molecule has 2 heterocycles. The summed E-state index contributed by atoms with van der Waals surface area (Å²) in [5.41, 5.74) is 16.3. The van der Waals surface area contributed by atoms with E-state index in [1.807, 2.05) is 36.4 Å². The smallest absolute Gasteiger partial charge is 0.164 e. The highest BCUT2D eigenvalue weighted by atomic mass is 16.5. The third kappa shape index (κ3) is 5.80. The Morgan fingerprint density at radius 2 is 0.645 bits per heavy atom. The minimum Gasteiger partial charge on any atom is -0.457 e. The molecule has 4 nitrogen and oxygen atoms in total. The van der Waals surface area contributed by atoms with Crippen molar-refractivity contribution in [1.29, 1.82) is 0 Å². The number of rotatable bonds is 6. The van der Waals surface area contributed by atoms with E-state index in [1.165, 1.54) is 27.8 Å². The quantitative estimate of drug-likeness (QED) is 0.168. The second-order valence-electron chi connectivity index (χ2n) is 15.9. The van der Waals surface area contributed by atoms with Gasteiger partial charge in [0.15, 0.2) is 17.5 Å². The zero-order chi connectivity index (χ0) is 41.0. The summed E-state index contributed by atoms with van der Waals surface area (Å²) in [6.07, 6.45) is 0. The van der Waals surface area contributed by atoms with Crippen LogP contribution in [-0.2, 0) is 5.41 Å². The van der Waals surface area contributed by atoms with Crippen molar-refractivity contribution < 1.29 is 4.74 Å². The van der Waals surface area contributed by atoms with E-state index in [0.29, 0.717) is 17.5 Å². The van der Waals surface area contributed by atoms with Gasteiger partial charge >= 0.3 is 0 Å². The third-order valence-corrected chi connectivity index (χ3v) is 12.4. The standard InChI is InChI=1S/C58H37N3O/c1-3-16-38(17-4-1)40-20-14-24-45(35-40)56-59-55(39-18-5-2-6-19-39)60-57(61-56)46-25-15-23-43(36-46)41-21-13-22-42(34-41)44-32-33-52-54(37-44)62-53-31-12-11-30-51(53)58(52)49-28-9-7-26-47(49)48-27-8-10-29-50(48)58/h1-37H. The molecule has 0 radical (unpaired) electrons. The Morgan fingerprint density at radius 3 is 1.23 bits per heavy atom. The van der Waals surface area contributed by atoms with Crippen molar-refractivity contribution in [2.24, 2.45) is 0 Å². The lowest BCUT2D eigenvalue weighted by atomic mass is 9.66. The van der Waals surface area contributed by atoms with Gasteiger partial charge in [-0.05, 0) is 86.0 Å². The summed E-state index contributed by atoms with van der Waals surface area (Å²) in [6, 6.07) is 79.1. The molecule has 9 aromatic carbocycles. The molecular weight excluding hydrogens is 755 g/mol. The van der Waals surface area contributed by atoms with Crippen LogP contribution in [0, 0.1) is 0 Å². The average Bonchev–Trinajstić information content (AvgIpc) is 3.65. The van der Waals surface area contributed by atoms with Gasteiger partial charge in [-0.1, -0.05) is 194 Å². The van der Waals surface area contributed by atoms with E-state index in [9.17, 15) is 0 Å². The molecule has 0 saturated heterocycles. The van der Waals surface area contributed by atoms with Gasteiger partial charge in [0.25, 0.3) is 0 Å². The molecule has 1 aliphatic carbocycles. The molecule has 0 fully saturated rings. The Bertz CT molecular complexity index is 3290. The highest BCUT2D eigenvalue weighted by molar-refractivity contribution is 5.89. The van der Waals surface area contributed by atoms with Gasteiger partial charge < -0.3 is 4.74 Å². The van der Waals surface area contributed by atoms with Gasteiger partial charge in [-0.2, -0.15) is 0 Å². The molecule has 0 amide bonds. The van der Waals surface area contributed by atoms with Crippen molar-refractivity contribution in [3.8, 4) is 90.2 Å². The van der Waals surface area contributed by atoms with Crippen LogP contribution in [0.2, 0.25) is 0 Å². The van der Waals surface area contributed by atoms with Crippen molar-refractivity contribution >= 4 is 0 Å². The van der Waals surface area contributed by atoms with E-state index in [2.05, 4.69) is 188 Å². The van der Waals surface area contributed by atoms with Gasteiger partial charge in [0, 0.05) is 27.8 Å². The lowest BCUT2D eigenvalue weighted by molar-refractivity contribution is 0.436. The van der Waals surface area contributed by atoms with E-state index < -0.39 is 5.41 Å². The first-order valence-electron chi connectivity index (χ1n) is 21.0. The zero-order valence-corrected chi connectivity index (χ0v) is 33.6. The van der Waals surface area contributed by atoms with Gasteiger partial charge in [-0.3, -0.25) is 0 Å². The lowest BCUT2D eigenvalue weighted by Gasteiger charge is -2.39. The summed E-state index contributed by atoms with van der Waals surface area (Å²) in [5.74, 6) is 3.63. The van der Waals surface area contributed by atoms with E-state index in [-0.39, 0.29) is 0 Å². The predicted octanol–water partition coefficient (Wildman–Crippen LogP) is 14.3. The fraction of sp³-hybridized carbons (Fsp3) is 0.0172. The second kappa shape index (κ2) is 14.5. The summed E-state index contributed by atoms with van der Waals surface area (Å²) in [4.78, 5) is 15.2. The topological polar surface area (TPSA) is 47.9 Å². The first-order chi connectivity index (χ1) is 30.7.